The van der Waals surface area contributed by atoms with E-state index in [-0.39, 0.29) is 6.04 Å². The lowest BCUT2D eigenvalue weighted by Crippen LogP contribution is -2.28. The van der Waals surface area contributed by atoms with Crippen LogP contribution in [-0.4, -0.2) is 12.3 Å². The van der Waals surface area contributed by atoms with Gasteiger partial charge in [-0.2, -0.15) is 0 Å². The number of aldehydes is 1. The normalized spacial score (nSPS) is 14.4. The van der Waals surface area contributed by atoms with E-state index in [0.717, 1.165) is 18.4 Å². The fraction of sp³-hybridized carbons (Fsp3) is 0.417. The Kier molecular flexibility index (Phi) is 4.17. The van der Waals surface area contributed by atoms with Crippen LogP contribution in [0, 0.1) is 5.92 Å². The van der Waals surface area contributed by atoms with Crippen LogP contribution in [0.15, 0.2) is 30.3 Å². The first-order valence-corrected chi connectivity index (χ1v) is 5.04. The summed E-state index contributed by atoms with van der Waals surface area (Å²) < 4.78 is 0. The summed E-state index contributed by atoms with van der Waals surface area (Å²) in [5.74, 6) is 0.368. The fourth-order valence-corrected chi connectivity index (χ4v) is 1.29. The highest BCUT2D eigenvalue weighted by Crippen LogP contribution is 2.13. The molecule has 2 unspecified atom stereocenters. The summed E-state index contributed by atoms with van der Waals surface area (Å²) in [7, 11) is 0. The molecule has 0 amide bonds. The quantitative estimate of drug-likeness (QED) is 0.725. The van der Waals surface area contributed by atoms with E-state index >= 15 is 0 Å². The van der Waals surface area contributed by atoms with Crippen LogP contribution in [0.25, 0.3) is 0 Å². The Hall–Kier alpha value is -1.31. The van der Waals surface area contributed by atoms with Crippen molar-refractivity contribution in [1.29, 1.82) is 0 Å². The Morgan fingerprint density at radius 1 is 1.36 bits per heavy atom. The van der Waals surface area contributed by atoms with Gasteiger partial charge in [-0.05, 0) is 18.1 Å². The lowest BCUT2D eigenvalue weighted by atomic mass is 10.0. The zero-order valence-corrected chi connectivity index (χ0v) is 8.73. The smallest absolute Gasteiger partial charge is 0.142 e. The largest absolute Gasteiger partial charge is 0.375 e. The molecule has 0 spiro atoms. The predicted molar refractivity (Wildman–Crippen MR) is 59.4 cm³/mol. The van der Waals surface area contributed by atoms with E-state index in [1.165, 1.54) is 0 Å². The summed E-state index contributed by atoms with van der Waals surface area (Å²) >= 11 is 0. The van der Waals surface area contributed by atoms with Gasteiger partial charge in [-0.1, -0.05) is 38.5 Å². The predicted octanol–water partition coefficient (Wildman–Crippen LogP) is 2.71. The van der Waals surface area contributed by atoms with Crippen molar-refractivity contribution >= 4 is 12.0 Å². The second-order valence-corrected chi connectivity index (χ2v) is 3.56. The van der Waals surface area contributed by atoms with E-state index in [1.54, 1.807) is 0 Å². The van der Waals surface area contributed by atoms with Crippen molar-refractivity contribution in [1.82, 2.24) is 0 Å². The van der Waals surface area contributed by atoms with Crippen molar-refractivity contribution in [2.24, 2.45) is 5.92 Å². The lowest BCUT2D eigenvalue weighted by Gasteiger charge is -2.19. The third kappa shape index (κ3) is 2.87. The summed E-state index contributed by atoms with van der Waals surface area (Å²) in [6.45, 7) is 4.17. The minimum atomic E-state index is -0.0811. The maximum atomic E-state index is 10.8. The summed E-state index contributed by atoms with van der Waals surface area (Å²) in [5.41, 5.74) is 1.00. The van der Waals surface area contributed by atoms with Crippen LogP contribution < -0.4 is 5.32 Å². The van der Waals surface area contributed by atoms with Crippen LogP contribution >= 0.6 is 0 Å². The van der Waals surface area contributed by atoms with E-state index in [2.05, 4.69) is 19.2 Å². The highest BCUT2D eigenvalue weighted by atomic mass is 16.1. The molecular formula is C12H17NO. The standard InChI is InChI=1S/C12H17NO/c1-3-10(2)12(9-14)13-11-7-5-4-6-8-11/h4-10,12-13H,3H2,1-2H3. The zero-order valence-electron chi connectivity index (χ0n) is 8.73. The molecule has 2 atom stereocenters. The van der Waals surface area contributed by atoms with Crippen LogP contribution in [0.4, 0.5) is 5.69 Å². The molecule has 0 aliphatic rings. The van der Waals surface area contributed by atoms with Crippen molar-refractivity contribution in [3.63, 3.8) is 0 Å². The second-order valence-electron chi connectivity index (χ2n) is 3.56. The van der Waals surface area contributed by atoms with Crippen molar-refractivity contribution in [3.8, 4) is 0 Å². The van der Waals surface area contributed by atoms with Crippen molar-refractivity contribution in [2.45, 2.75) is 26.3 Å². The Labute approximate surface area is 85.3 Å². The molecule has 0 fully saturated rings. The molecule has 0 aliphatic carbocycles. The Bertz CT molecular complexity index is 271. The molecule has 2 heteroatoms. The number of anilines is 1. The van der Waals surface area contributed by atoms with E-state index in [4.69, 9.17) is 0 Å². The van der Waals surface area contributed by atoms with Crippen LogP contribution in [-0.2, 0) is 4.79 Å². The molecule has 0 saturated heterocycles. The molecule has 1 N–H and O–H groups in total. The average molecular weight is 191 g/mol. The second kappa shape index (κ2) is 5.43. The molecule has 0 heterocycles. The molecule has 0 saturated carbocycles. The number of para-hydroxylation sites is 1. The van der Waals surface area contributed by atoms with Crippen molar-refractivity contribution in [2.75, 3.05) is 5.32 Å². The SMILES string of the molecule is CCC(C)C(C=O)Nc1ccccc1. The number of rotatable bonds is 5. The molecule has 76 valence electrons. The Morgan fingerprint density at radius 3 is 2.50 bits per heavy atom. The van der Waals surface area contributed by atoms with Gasteiger partial charge >= 0.3 is 0 Å². The summed E-state index contributed by atoms with van der Waals surface area (Å²) in [6.07, 6.45) is 1.99. The van der Waals surface area contributed by atoms with Gasteiger partial charge in [0.1, 0.15) is 6.29 Å². The Balaban J connectivity index is 2.61. The summed E-state index contributed by atoms with van der Waals surface area (Å²) in [5, 5.41) is 3.21. The monoisotopic (exact) mass is 191 g/mol. The zero-order chi connectivity index (χ0) is 10.4. The van der Waals surface area contributed by atoms with Gasteiger partial charge in [-0.25, -0.2) is 0 Å². The van der Waals surface area contributed by atoms with E-state index in [9.17, 15) is 4.79 Å². The molecule has 0 aromatic heterocycles. The van der Waals surface area contributed by atoms with Crippen LogP contribution in [0.1, 0.15) is 20.3 Å². The fourth-order valence-electron chi connectivity index (χ4n) is 1.29. The van der Waals surface area contributed by atoms with E-state index in [1.807, 2.05) is 30.3 Å². The minimum Gasteiger partial charge on any atom is -0.375 e. The van der Waals surface area contributed by atoms with Crippen LogP contribution in [0.5, 0.6) is 0 Å². The first-order chi connectivity index (χ1) is 6.77. The highest BCUT2D eigenvalue weighted by molar-refractivity contribution is 5.64. The van der Waals surface area contributed by atoms with Gasteiger partial charge in [0.05, 0.1) is 6.04 Å². The first-order valence-electron chi connectivity index (χ1n) is 5.04. The van der Waals surface area contributed by atoms with Gasteiger partial charge in [-0.3, -0.25) is 0 Å². The molecule has 2 nitrogen and oxygen atoms in total. The molecule has 0 bridgehead atoms. The number of hydrogen-bond acceptors (Lipinski definition) is 2. The van der Waals surface area contributed by atoms with Gasteiger partial charge in [0.15, 0.2) is 0 Å². The third-order valence-corrected chi connectivity index (χ3v) is 2.51. The minimum absolute atomic E-state index is 0.0811. The average Bonchev–Trinajstić information content (AvgIpc) is 2.26. The summed E-state index contributed by atoms with van der Waals surface area (Å²) in [4.78, 5) is 10.8. The molecular weight excluding hydrogens is 174 g/mol. The van der Waals surface area contributed by atoms with Gasteiger partial charge < -0.3 is 10.1 Å². The van der Waals surface area contributed by atoms with Crippen LogP contribution in [0.3, 0.4) is 0 Å². The number of carbonyl (C=O) groups excluding carboxylic acids is 1. The first kappa shape index (κ1) is 10.8. The van der Waals surface area contributed by atoms with Gasteiger partial charge in [0.25, 0.3) is 0 Å². The number of hydrogen-bond donors (Lipinski definition) is 1. The van der Waals surface area contributed by atoms with Crippen molar-refractivity contribution < 1.29 is 4.79 Å². The van der Waals surface area contributed by atoms with Crippen LogP contribution in [0.2, 0.25) is 0 Å². The third-order valence-electron chi connectivity index (χ3n) is 2.51. The number of carbonyl (C=O) groups is 1. The lowest BCUT2D eigenvalue weighted by molar-refractivity contribution is -0.109. The number of benzene rings is 1. The molecule has 1 aromatic rings. The maximum Gasteiger partial charge on any atom is 0.142 e. The maximum absolute atomic E-state index is 10.8. The van der Waals surface area contributed by atoms with E-state index < -0.39 is 0 Å². The van der Waals surface area contributed by atoms with Gasteiger partial charge in [0, 0.05) is 5.69 Å². The Morgan fingerprint density at radius 2 is 2.00 bits per heavy atom. The molecule has 14 heavy (non-hydrogen) atoms. The topological polar surface area (TPSA) is 29.1 Å². The van der Waals surface area contributed by atoms with Gasteiger partial charge in [0.2, 0.25) is 0 Å². The van der Waals surface area contributed by atoms with E-state index in [0.29, 0.717) is 5.92 Å². The molecule has 1 aromatic carbocycles. The van der Waals surface area contributed by atoms with Gasteiger partial charge in [-0.15, -0.1) is 0 Å². The molecule has 0 aliphatic heterocycles. The molecule has 0 radical (unpaired) electrons. The van der Waals surface area contributed by atoms with Crippen molar-refractivity contribution in [3.05, 3.63) is 30.3 Å². The summed E-state index contributed by atoms with van der Waals surface area (Å²) in [6, 6.07) is 9.74. The highest BCUT2D eigenvalue weighted by Gasteiger charge is 2.13. The number of nitrogens with one attached hydrogen (secondary N) is 1. The molecule has 1 rings (SSSR count).